The second-order valence-electron chi connectivity index (χ2n) is 4.69. The number of ketones is 1. The molecule has 0 spiro atoms. The smallest absolute Gasteiger partial charge is 0.139 e. The lowest BCUT2D eigenvalue weighted by molar-refractivity contribution is -0.127. The van der Waals surface area contributed by atoms with Crippen LogP contribution in [0.25, 0.3) is 0 Å². The van der Waals surface area contributed by atoms with E-state index in [9.17, 15) is 4.79 Å². The molecule has 0 aromatic carbocycles. The highest BCUT2D eigenvalue weighted by Gasteiger charge is 2.28. The van der Waals surface area contributed by atoms with E-state index in [1.807, 2.05) is 6.92 Å². The molecular weight excluding hydrogens is 176 g/mol. The van der Waals surface area contributed by atoms with Gasteiger partial charge in [0.15, 0.2) is 0 Å². The molecule has 1 heterocycles. The van der Waals surface area contributed by atoms with E-state index in [4.69, 9.17) is 0 Å². The number of piperazine rings is 1. The van der Waals surface area contributed by atoms with Crippen LogP contribution in [0.15, 0.2) is 0 Å². The molecule has 0 unspecified atom stereocenters. The van der Waals surface area contributed by atoms with Crippen molar-refractivity contribution in [3.05, 3.63) is 0 Å². The van der Waals surface area contributed by atoms with E-state index >= 15 is 0 Å². The van der Waals surface area contributed by atoms with E-state index in [1.165, 1.54) is 0 Å². The van der Waals surface area contributed by atoms with E-state index < -0.39 is 0 Å². The number of nitrogens with one attached hydrogen (secondary N) is 1. The molecule has 82 valence electrons. The first kappa shape index (κ1) is 11.7. The van der Waals surface area contributed by atoms with Crippen LogP contribution in [0.1, 0.15) is 27.2 Å². The van der Waals surface area contributed by atoms with Crippen LogP contribution < -0.4 is 5.32 Å². The standard InChI is InChI=1S/C11H22N2O/c1-4-10(14)11(2,3)9-13-7-5-12-6-8-13/h12H,4-9H2,1-3H3. The van der Waals surface area contributed by atoms with Crippen molar-refractivity contribution in [3.63, 3.8) is 0 Å². The highest BCUT2D eigenvalue weighted by Crippen LogP contribution is 2.20. The van der Waals surface area contributed by atoms with Crippen molar-refractivity contribution in [2.45, 2.75) is 27.2 Å². The van der Waals surface area contributed by atoms with E-state index in [-0.39, 0.29) is 5.41 Å². The Morgan fingerprint density at radius 2 is 1.93 bits per heavy atom. The first-order valence-corrected chi connectivity index (χ1v) is 5.52. The lowest BCUT2D eigenvalue weighted by Crippen LogP contribution is -2.48. The van der Waals surface area contributed by atoms with Gasteiger partial charge < -0.3 is 5.32 Å². The average molecular weight is 198 g/mol. The average Bonchev–Trinajstić information content (AvgIpc) is 2.17. The molecule has 0 aromatic rings. The third-order valence-electron chi connectivity index (χ3n) is 2.90. The molecule has 3 heteroatoms. The molecule has 1 N–H and O–H groups in total. The topological polar surface area (TPSA) is 32.3 Å². The Hall–Kier alpha value is -0.410. The summed E-state index contributed by atoms with van der Waals surface area (Å²) in [5.74, 6) is 0.371. The molecule has 1 aliphatic heterocycles. The summed E-state index contributed by atoms with van der Waals surface area (Å²) in [4.78, 5) is 14.0. The van der Waals surface area contributed by atoms with Crippen LogP contribution in [0.4, 0.5) is 0 Å². The molecule has 1 saturated heterocycles. The third kappa shape index (κ3) is 3.07. The maximum Gasteiger partial charge on any atom is 0.139 e. The van der Waals surface area contributed by atoms with Crippen LogP contribution in [0.5, 0.6) is 0 Å². The Kier molecular flexibility index (Phi) is 4.08. The summed E-state index contributed by atoms with van der Waals surface area (Å²) in [7, 11) is 0. The van der Waals surface area contributed by atoms with Gasteiger partial charge in [0, 0.05) is 44.6 Å². The molecule has 0 bridgehead atoms. The molecule has 0 amide bonds. The normalized spacial score (nSPS) is 19.6. The fraction of sp³-hybridized carbons (Fsp3) is 0.909. The summed E-state index contributed by atoms with van der Waals surface area (Å²) >= 11 is 0. The second kappa shape index (κ2) is 4.89. The van der Waals surface area contributed by atoms with Gasteiger partial charge in [0.1, 0.15) is 5.78 Å². The van der Waals surface area contributed by atoms with Gasteiger partial charge in [-0.25, -0.2) is 0 Å². The monoisotopic (exact) mass is 198 g/mol. The van der Waals surface area contributed by atoms with Gasteiger partial charge in [-0.1, -0.05) is 20.8 Å². The highest BCUT2D eigenvalue weighted by atomic mass is 16.1. The maximum absolute atomic E-state index is 11.7. The number of carbonyl (C=O) groups excluding carboxylic acids is 1. The van der Waals surface area contributed by atoms with Gasteiger partial charge in [0.05, 0.1) is 0 Å². The van der Waals surface area contributed by atoms with Crippen molar-refractivity contribution in [1.29, 1.82) is 0 Å². The van der Waals surface area contributed by atoms with Gasteiger partial charge >= 0.3 is 0 Å². The zero-order valence-corrected chi connectivity index (χ0v) is 9.60. The first-order valence-electron chi connectivity index (χ1n) is 5.52. The molecule has 0 aliphatic carbocycles. The molecule has 0 aromatic heterocycles. The molecule has 1 fully saturated rings. The van der Waals surface area contributed by atoms with Gasteiger partial charge in [-0.15, -0.1) is 0 Å². The number of hydrogen-bond acceptors (Lipinski definition) is 3. The van der Waals surface area contributed by atoms with Gasteiger partial charge in [0.2, 0.25) is 0 Å². The SMILES string of the molecule is CCC(=O)C(C)(C)CN1CCNCC1. The zero-order chi connectivity index (χ0) is 10.6. The van der Waals surface area contributed by atoms with Crippen molar-refractivity contribution >= 4 is 5.78 Å². The molecule has 1 aliphatic rings. The number of hydrogen-bond donors (Lipinski definition) is 1. The van der Waals surface area contributed by atoms with E-state index in [0.29, 0.717) is 12.2 Å². The molecule has 1 rings (SSSR count). The Bertz CT molecular complexity index is 195. The predicted octanol–water partition coefficient (Wildman–Crippen LogP) is 0.897. The summed E-state index contributed by atoms with van der Waals surface area (Å²) in [5, 5.41) is 3.32. The largest absolute Gasteiger partial charge is 0.314 e. The van der Waals surface area contributed by atoms with Crippen molar-refractivity contribution in [3.8, 4) is 0 Å². The van der Waals surface area contributed by atoms with Crippen molar-refractivity contribution in [1.82, 2.24) is 10.2 Å². The van der Waals surface area contributed by atoms with E-state index in [0.717, 1.165) is 32.7 Å². The quantitative estimate of drug-likeness (QED) is 0.728. The minimum atomic E-state index is -0.175. The Morgan fingerprint density at radius 1 is 1.36 bits per heavy atom. The van der Waals surface area contributed by atoms with Crippen molar-refractivity contribution in [2.24, 2.45) is 5.41 Å². The summed E-state index contributed by atoms with van der Waals surface area (Å²) in [6, 6.07) is 0. The van der Waals surface area contributed by atoms with E-state index in [2.05, 4.69) is 24.1 Å². The Balaban J connectivity index is 2.44. The zero-order valence-electron chi connectivity index (χ0n) is 9.60. The van der Waals surface area contributed by atoms with Crippen molar-refractivity contribution in [2.75, 3.05) is 32.7 Å². The molecule has 0 radical (unpaired) electrons. The molecule has 0 saturated carbocycles. The van der Waals surface area contributed by atoms with Crippen molar-refractivity contribution < 1.29 is 4.79 Å². The van der Waals surface area contributed by atoms with Gasteiger partial charge in [0.25, 0.3) is 0 Å². The highest BCUT2D eigenvalue weighted by molar-refractivity contribution is 5.83. The number of Topliss-reactive ketones (excluding diaryl/α,β-unsaturated/α-hetero) is 1. The van der Waals surface area contributed by atoms with Crippen LogP contribution in [0, 0.1) is 5.41 Å². The van der Waals surface area contributed by atoms with Crippen LogP contribution in [0.2, 0.25) is 0 Å². The summed E-state index contributed by atoms with van der Waals surface area (Å²) in [6.07, 6.45) is 0.652. The van der Waals surface area contributed by atoms with Crippen LogP contribution in [-0.2, 0) is 4.79 Å². The first-order chi connectivity index (χ1) is 6.56. The summed E-state index contributed by atoms with van der Waals surface area (Å²) in [6.45, 7) is 11.2. The van der Waals surface area contributed by atoms with E-state index in [1.54, 1.807) is 0 Å². The predicted molar refractivity (Wildman–Crippen MR) is 58.4 cm³/mol. The molecule has 0 atom stereocenters. The second-order valence-corrected chi connectivity index (χ2v) is 4.69. The molecule has 14 heavy (non-hydrogen) atoms. The third-order valence-corrected chi connectivity index (χ3v) is 2.90. The Morgan fingerprint density at radius 3 is 2.43 bits per heavy atom. The van der Waals surface area contributed by atoms with Crippen LogP contribution in [-0.4, -0.2) is 43.4 Å². The number of rotatable bonds is 4. The lowest BCUT2D eigenvalue weighted by atomic mass is 9.86. The number of carbonyl (C=O) groups is 1. The molecule has 3 nitrogen and oxygen atoms in total. The minimum Gasteiger partial charge on any atom is -0.314 e. The van der Waals surface area contributed by atoms with Crippen LogP contribution in [0.3, 0.4) is 0 Å². The minimum absolute atomic E-state index is 0.175. The fourth-order valence-corrected chi connectivity index (χ4v) is 2.00. The lowest BCUT2D eigenvalue weighted by Gasteiger charge is -2.34. The van der Waals surface area contributed by atoms with Gasteiger partial charge in [-0.3, -0.25) is 9.69 Å². The number of nitrogens with zero attached hydrogens (tertiary/aromatic N) is 1. The van der Waals surface area contributed by atoms with Crippen LogP contribution >= 0.6 is 0 Å². The maximum atomic E-state index is 11.7. The Labute approximate surface area is 86.9 Å². The summed E-state index contributed by atoms with van der Waals surface area (Å²) < 4.78 is 0. The summed E-state index contributed by atoms with van der Waals surface area (Å²) in [5.41, 5.74) is -0.175. The fourth-order valence-electron chi connectivity index (χ4n) is 2.00. The van der Waals surface area contributed by atoms with Gasteiger partial charge in [-0.2, -0.15) is 0 Å². The van der Waals surface area contributed by atoms with Gasteiger partial charge in [-0.05, 0) is 0 Å². The molecular formula is C11H22N2O.